The van der Waals surface area contributed by atoms with Gasteiger partial charge in [-0.15, -0.1) is 5.01 Å². The van der Waals surface area contributed by atoms with E-state index in [-0.39, 0.29) is 10.5 Å². The number of hydrogen-bond donors (Lipinski definition) is 0. The van der Waals surface area contributed by atoms with Gasteiger partial charge >= 0.3 is 6.41 Å². The van der Waals surface area contributed by atoms with Crippen molar-refractivity contribution in [3.8, 4) is 0 Å². The first-order chi connectivity index (χ1) is 12.7. The molecule has 2 aromatic rings. The fraction of sp³-hybridized carbons (Fsp3) is 0.222. The van der Waals surface area contributed by atoms with E-state index < -0.39 is 0 Å². The highest BCUT2D eigenvalue weighted by atomic mass is 19.1. The first kappa shape index (κ1) is 16.6. The van der Waals surface area contributed by atoms with Crippen molar-refractivity contribution < 1.29 is 18.6 Å². The molecule has 0 spiro atoms. The molecule has 1 aromatic heterocycles. The molecule has 0 radical (unpaired) electrons. The van der Waals surface area contributed by atoms with E-state index in [1.54, 1.807) is 24.5 Å². The number of amides is 1. The van der Waals surface area contributed by atoms with E-state index in [1.165, 1.54) is 12.1 Å². The van der Waals surface area contributed by atoms with Crippen LogP contribution in [0, 0.1) is 5.82 Å². The standard InChI is InChI=1S/C18H17FN5O2/c19-16-3-1-14(2-4-16)17-18(15-5-7-20-8-6-15)24(13-25,22-21-17)23-9-11-26-12-10-23/h1-8,13H,9-12H2/q+1. The van der Waals surface area contributed by atoms with Crippen LogP contribution < -0.4 is 0 Å². The SMILES string of the molecule is O=C[N+]1(N2CCOCC2)N=NC(c2ccc(F)cc2)=C1c1ccncc1. The Balaban J connectivity index is 1.90. The smallest absolute Gasteiger partial charge is 0.354 e. The number of carbonyl (C=O) groups excluding carboxylic acids is 1. The number of rotatable bonds is 4. The minimum absolute atomic E-state index is 0.334. The summed E-state index contributed by atoms with van der Waals surface area (Å²) in [7, 11) is 0. The highest BCUT2D eigenvalue weighted by molar-refractivity contribution is 5.89. The van der Waals surface area contributed by atoms with Crippen molar-refractivity contribution in [3.05, 3.63) is 65.7 Å². The summed E-state index contributed by atoms with van der Waals surface area (Å²) in [6, 6.07) is 9.62. The van der Waals surface area contributed by atoms with Crippen LogP contribution in [0.2, 0.25) is 0 Å². The maximum Gasteiger partial charge on any atom is 0.354 e. The van der Waals surface area contributed by atoms with Gasteiger partial charge in [0.1, 0.15) is 5.82 Å². The molecule has 0 bridgehead atoms. The largest absolute Gasteiger partial charge is 0.378 e. The van der Waals surface area contributed by atoms with Crippen LogP contribution in [0.15, 0.2) is 59.1 Å². The fourth-order valence-electron chi connectivity index (χ4n) is 3.20. The summed E-state index contributed by atoms with van der Waals surface area (Å²) in [4.78, 5) is 16.3. The molecule has 1 unspecified atom stereocenters. The monoisotopic (exact) mass is 354 g/mol. The Morgan fingerprint density at radius 1 is 1.04 bits per heavy atom. The normalized spacial score (nSPS) is 23.4. The quantitative estimate of drug-likeness (QED) is 0.625. The van der Waals surface area contributed by atoms with Gasteiger partial charge in [-0.3, -0.25) is 4.98 Å². The maximum absolute atomic E-state index is 13.3. The van der Waals surface area contributed by atoms with Gasteiger partial charge in [-0.2, -0.15) is 0 Å². The van der Waals surface area contributed by atoms with Crippen LogP contribution >= 0.6 is 0 Å². The molecule has 1 fully saturated rings. The Morgan fingerprint density at radius 3 is 2.38 bits per heavy atom. The van der Waals surface area contributed by atoms with E-state index in [2.05, 4.69) is 15.3 Å². The van der Waals surface area contributed by atoms with Crippen molar-refractivity contribution in [2.24, 2.45) is 10.3 Å². The van der Waals surface area contributed by atoms with Gasteiger partial charge in [-0.1, -0.05) is 5.11 Å². The topological polar surface area (TPSA) is 67.2 Å². The summed E-state index contributed by atoms with van der Waals surface area (Å²) < 4.78 is 18.4. The molecule has 7 nitrogen and oxygen atoms in total. The lowest BCUT2D eigenvalue weighted by Crippen LogP contribution is -2.57. The van der Waals surface area contributed by atoms with Crippen LogP contribution in [-0.2, 0) is 9.53 Å². The van der Waals surface area contributed by atoms with Crippen LogP contribution in [0.25, 0.3) is 11.4 Å². The van der Waals surface area contributed by atoms with Crippen LogP contribution in [0.1, 0.15) is 11.1 Å². The minimum atomic E-state index is -0.389. The zero-order chi connectivity index (χ0) is 18.0. The molecule has 4 rings (SSSR count). The lowest BCUT2D eigenvalue weighted by Gasteiger charge is -2.35. The van der Waals surface area contributed by atoms with Gasteiger partial charge in [-0.25, -0.2) is 9.18 Å². The summed E-state index contributed by atoms with van der Waals surface area (Å²) >= 11 is 0. The lowest BCUT2D eigenvalue weighted by molar-refractivity contribution is -0.908. The van der Waals surface area contributed by atoms with Gasteiger partial charge in [0.25, 0.3) is 0 Å². The number of ether oxygens (including phenoxy) is 1. The van der Waals surface area contributed by atoms with Crippen LogP contribution in [0.4, 0.5) is 4.39 Å². The van der Waals surface area contributed by atoms with Gasteiger partial charge in [0, 0.05) is 23.5 Å². The second-order valence-corrected chi connectivity index (χ2v) is 5.95. The number of aromatic nitrogens is 1. The molecule has 1 aromatic carbocycles. The minimum Gasteiger partial charge on any atom is -0.378 e. The van der Waals surface area contributed by atoms with Crippen molar-refractivity contribution in [3.63, 3.8) is 0 Å². The second-order valence-electron chi connectivity index (χ2n) is 5.95. The maximum atomic E-state index is 13.3. The Kier molecular flexibility index (Phi) is 4.37. The first-order valence-electron chi connectivity index (χ1n) is 8.27. The molecule has 26 heavy (non-hydrogen) atoms. The van der Waals surface area contributed by atoms with Crippen molar-refractivity contribution in [1.82, 2.24) is 9.99 Å². The molecule has 1 atom stereocenters. The highest BCUT2D eigenvalue weighted by Crippen LogP contribution is 2.42. The summed E-state index contributed by atoms with van der Waals surface area (Å²) in [5.41, 5.74) is 2.63. The lowest BCUT2D eigenvalue weighted by atomic mass is 10.1. The van der Waals surface area contributed by atoms with Crippen LogP contribution in [-0.4, -0.2) is 47.4 Å². The molecule has 2 aliphatic heterocycles. The average Bonchev–Trinajstić information content (AvgIpc) is 3.10. The molecule has 0 aliphatic carbocycles. The Hall–Kier alpha value is -2.81. The number of benzene rings is 1. The van der Waals surface area contributed by atoms with E-state index in [9.17, 15) is 9.18 Å². The molecule has 8 heteroatoms. The summed E-state index contributed by atoms with van der Waals surface area (Å²) in [5.74, 6) is -0.334. The Bertz CT molecular complexity index is 863. The third-order valence-corrected chi connectivity index (χ3v) is 4.47. The predicted molar refractivity (Wildman–Crippen MR) is 91.0 cm³/mol. The predicted octanol–water partition coefficient (Wildman–Crippen LogP) is 2.65. The Labute approximate surface area is 149 Å². The molecular formula is C18H17FN5O2+. The molecule has 0 saturated carbocycles. The van der Waals surface area contributed by atoms with Crippen LogP contribution in [0.3, 0.4) is 0 Å². The van der Waals surface area contributed by atoms with E-state index >= 15 is 0 Å². The van der Waals surface area contributed by atoms with E-state index in [4.69, 9.17) is 4.74 Å². The number of morpholine rings is 1. The number of quaternary nitrogens is 1. The first-order valence-corrected chi connectivity index (χ1v) is 8.27. The molecular weight excluding hydrogens is 337 g/mol. The van der Waals surface area contributed by atoms with Crippen molar-refractivity contribution in [2.45, 2.75) is 0 Å². The number of halogens is 1. The molecule has 1 saturated heterocycles. The van der Waals surface area contributed by atoms with Gasteiger partial charge in [0.05, 0.1) is 31.5 Å². The third kappa shape index (κ3) is 2.74. The summed E-state index contributed by atoms with van der Waals surface area (Å²) in [6.45, 7) is 2.11. The van der Waals surface area contributed by atoms with Gasteiger partial charge in [0.2, 0.25) is 5.70 Å². The van der Waals surface area contributed by atoms with E-state index in [0.29, 0.717) is 43.3 Å². The van der Waals surface area contributed by atoms with Crippen molar-refractivity contribution >= 4 is 17.8 Å². The van der Waals surface area contributed by atoms with E-state index in [0.717, 1.165) is 12.0 Å². The summed E-state index contributed by atoms with van der Waals surface area (Å²) in [6.07, 6.45) is 4.07. The zero-order valence-corrected chi connectivity index (χ0v) is 14.0. The Morgan fingerprint density at radius 2 is 1.73 bits per heavy atom. The van der Waals surface area contributed by atoms with Gasteiger partial charge in [-0.05, 0) is 41.1 Å². The number of pyridine rings is 1. The molecule has 3 heterocycles. The molecule has 0 N–H and O–H groups in total. The third-order valence-electron chi connectivity index (χ3n) is 4.47. The van der Waals surface area contributed by atoms with Gasteiger partial charge < -0.3 is 4.74 Å². The molecule has 2 aliphatic rings. The highest BCUT2D eigenvalue weighted by Gasteiger charge is 2.49. The molecule has 1 amide bonds. The average molecular weight is 354 g/mol. The number of hydrogen-bond acceptors (Lipinski definition) is 6. The number of nitrogens with zero attached hydrogens (tertiary/aromatic N) is 5. The number of carbonyl (C=O) groups is 1. The fourth-order valence-corrected chi connectivity index (χ4v) is 3.20. The zero-order valence-electron chi connectivity index (χ0n) is 14.0. The van der Waals surface area contributed by atoms with Crippen molar-refractivity contribution in [1.29, 1.82) is 0 Å². The van der Waals surface area contributed by atoms with Crippen LogP contribution in [0.5, 0.6) is 0 Å². The summed E-state index contributed by atoms with van der Waals surface area (Å²) in [5, 5.41) is 10.5. The van der Waals surface area contributed by atoms with E-state index in [1.807, 2.05) is 17.1 Å². The van der Waals surface area contributed by atoms with Crippen molar-refractivity contribution in [2.75, 3.05) is 26.3 Å². The second kappa shape index (κ2) is 6.83. The molecule has 132 valence electrons. The van der Waals surface area contributed by atoms with Gasteiger partial charge in [0.15, 0.2) is 5.70 Å².